The van der Waals surface area contributed by atoms with Gasteiger partial charge >= 0.3 is 0 Å². The lowest BCUT2D eigenvalue weighted by Gasteiger charge is -2.27. The Labute approximate surface area is 157 Å². The van der Waals surface area contributed by atoms with E-state index < -0.39 is 0 Å². The van der Waals surface area contributed by atoms with Crippen molar-refractivity contribution in [3.8, 4) is 16.9 Å². The largest absolute Gasteiger partial charge is 0.332 e. The van der Waals surface area contributed by atoms with Crippen molar-refractivity contribution < 1.29 is 0 Å². The SMILES string of the molecule is c1ccc(-n2cc(CN3CCn4cncc4C3)c(-c3ccncc3)n2)cc1. The molecule has 1 aliphatic rings. The molecule has 0 radical (unpaired) electrons. The van der Waals surface area contributed by atoms with E-state index in [0.717, 1.165) is 43.1 Å². The first kappa shape index (κ1) is 16.0. The van der Waals surface area contributed by atoms with Crippen LogP contribution in [0.4, 0.5) is 0 Å². The van der Waals surface area contributed by atoms with E-state index in [2.05, 4.69) is 37.8 Å². The van der Waals surface area contributed by atoms with Gasteiger partial charge in [0.15, 0.2) is 0 Å². The smallest absolute Gasteiger partial charge is 0.0973 e. The zero-order valence-corrected chi connectivity index (χ0v) is 14.9. The zero-order chi connectivity index (χ0) is 18.1. The van der Waals surface area contributed by atoms with Gasteiger partial charge in [0.25, 0.3) is 0 Å². The summed E-state index contributed by atoms with van der Waals surface area (Å²) in [6, 6.07) is 14.3. The Hall–Kier alpha value is -3.25. The standard InChI is InChI=1S/C21H20N6/c1-2-4-19(5-3-1)27-14-18(21(24-27)17-6-8-22-9-7-17)13-25-10-11-26-16-23-12-20(26)15-25/h1-9,12,14,16H,10-11,13,15H2. The highest BCUT2D eigenvalue weighted by atomic mass is 15.3. The summed E-state index contributed by atoms with van der Waals surface area (Å²) in [5.74, 6) is 0. The Morgan fingerprint density at radius 1 is 0.926 bits per heavy atom. The first-order chi connectivity index (χ1) is 13.4. The van der Waals surface area contributed by atoms with E-state index in [1.165, 1.54) is 11.3 Å². The Bertz CT molecular complexity index is 1030. The number of benzene rings is 1. The van der Waals surface area contributed by atoms with E-state index in [9.17, 15) is 0 Å². The van der Waals surface area contributed by atoms with Crippen molar-refractivity contribution in [2.45, 2.75) is 19.6 Å². The van der Waals surface area contributed by atoms with Gasteiger partial charge < -0.3 is 4.57 Å². The summed E-state index contributed by atoms with van der Waals surface area (Å²) in [4.78, 5) is 10.9. The fourth-order valence-corrected chi connectivity index (χ4v) is 3.61. The summed E-state index contributed by atoms with van der Waals surface area (Å²) in [5, 5.41) is 4.90. The van der Waals surface area contributed by atoms with E-state index in [-0.39, 0.29) is 0 Å². The molecule has 0 aliphatic carbocycles. The molecule has 3 aromatic heterocycles. The first-order valence-electron chi connectivity index (χ1n) is 9.12. The predicted octanol–water partition coefficient (Wildman–Crippen LogP) is 3.15. The molecule has 0 N–H and O–H groups in total. The highest BCUT2D eigenvalue weighted by Gasteiger charge is 2.20. The highest BCUT2D eigenvalue weighted by Crippen LogP contribution is 2.25. The van der Waals surface area contributed by atoms with E-state index >= 15 is 0 Å². The molecule has 6 heteroatoms. The van der Waals surface area contributed by atoms with E-state index in [1.54, 1.807) is 0 Å². The fraction of sp³-hybridized carbons (Fsp3) is 0.190. The molecule has 27 heavy (non-hydrogen) atoms. The fourth-order valence-electron chi connectivity index (χ4n) is 3.61. The molecule has 0 unspecified atom stereocenters. The van der Waals surface area contributed by atoms with Gasteiger partial charge in [-0.3, -0.25) is 9.88 Å². The molecule has 6 nitrogen and oxygen atoms in total. The molecule has 5 rings (SSSR count). The van der Waals surface area contributed by atoms with Gasteiger partial charge in [0.1, 0.15) is 0 Å². The molecule has 0 amide bonds. The van der Waals surface area contributed by atoms with E-state index in [4.69, 9.17) is 5.10 Å². The number of para-hydroxylation sites is 1. The minimum absolute atomic E-state index is 0.857. The minimum atomic E-state index is 0.857. The van der Waals surface area contributed by atoms with Crippen LogP contribution in [0.1, 0.15) is 11.3 Å². The normalized spacial score (nSPS) is 14.2. The number of aromatic nitrogens is 5. The predicted molar refractivity (Wildman–Crippen MR) is 103 cm³/mol. The third kappa shape index (κ3) is 3.15. The quantitative estimate of drug-likeness (QED) is 0.564. The molecule has 0 atom stereocenters. The molecule has 0 spiro atoms. The number of hydrogen-bond acceptors (Lipinski definition) is 4. The summed E-state index contributed by atoms with van der Waals surface area (Å²) in [5.41, 5.74) is 5.66. The molecule has 0 fully saturated rings. The van der Waals surface area contributed by atoms with Crippen molar-refractivity contribution in [1.82, 2.24) is 29.2 Å². The molecule has 4 heterocycles. The van der Waals surface area contributed by atoms with Crippen LogP contribution in [0.15, 0.2) is 73.6 Å². The molecule has 1 aromatic carbocycles. The highest BCUT2D eigenvalue weighted by molar-refractivity contribution is 5.62. The monoisotopic (exact) mass is 356 g/mol. The van der Waals surface area contributed by atoms with Crippen molar-refractivity contribution in [3.63, 3.8) is 0 Å². The van der Waals surface area contributed by atoms with Gasteiger partial charge in [-0.15, -0.1) is 0 Å². The lowest BCUT2D eigenvalue weighted by molar-refractivity contribution is 0.213. The summed E-state index contributed by atoms with van der Waals surface area (Å²) >= 11 is 0. The van der Waals surface area contributed by atoms with Crippen molar-refractivity contribution in [3.05, 3.63) is 84.8 Å². The van der Waals surface area contributed by atoms with Crippen LogP contribution >= 0.6 is 0 Å². The third-order valence-electron chi connectivity index (χ3n) is 5.00. The molecule has 4 aromatic rings. The van der Waals surface area contributed by atoms with E-state index in [0.29, 0.717) is 0 Å². The molecular weight excluding hydrogens is 336 g/mol. The zero-order valence-electron chi connectivity index (χ0n) is 14.9. The maximum Gasteiger partial charge on any atom is 0.0973 e. The minimum Gasteiger partial charge on any atom is -0.332 e. The average Bonchev–Trinajstić information content (AvgIpc) is 3.36. The van der Waals surface area contributed by atoms with Crippen molar-refractivity contribution >= 4 is 0 Å². The molecule has 0 bridgehead atoms. The Morgan fingerprint density at radius 2 is 1.78 bits per heavy atom. The van der Waals surface area contributed by atoms with Crippen LogP contribution in [0.25, 0.3) is 16.9 Å². The van der Waals surface area contributed by atoms with E-state index in [1.807, 2.05) is 59.9 Å². The van der Waals surface area contributed by atoms with Gasteiger partial charge in [-0.1, -0.05) is 18.2 Å². The number of nitrogens with zero attached hydrogens (tertiary/aromatic N) is 6. The van der Waals surface area contributed by atoms with Crippen LogP contribution in [-0.2, 0) is 19.6 Å². The summed E-state index contributed by atoms with van der Waals surface area (Å²) in [6.45, 7) is 3.75. The maximum absolute atomic E-state index is 4.90. The molecule has 134 valence electrons. The van der Waals surface area contributed by atoms with Gasteiger partial charge in [-0.05, 0) is 24.3 Å². The number of hydrogen-bond donors (Lipinski definition) is 0. The summed E-state index contributed by atoms with van der Waals surface area (Å²) in [7, 11) is 0. The first-order valence-corrected chi connectivity index (χ1v) is 9.12. The lowest BCUT2D eigenvalue weighted by atomic mass is 10.1. The van der Waals surface area contributed by atoms with Crippen LogP contribution in [0.5, 0.6) is 0 Å². The second kappa shape index (κ2) is 6.81. The third-order valence-corrected chi connectivity index (χ3v) is 5.00. The van der Waals surface area contributed by atoms with Crippen LogP contribution in [0.3, 0.4) is 0 Å². The number of fused-ring (bicyclic) bond motifs is 1. The van der Waals surface area contributed by atoms with Crippen molar-refractivity contribution in [2.75, 3.05) is 6.54 Å². The molecule has 0 saturated heterocycles. The Balaban J connectivity index is 1.50. The summed E-state index contributed by atoms with van der Waals surface area (Å²) in [6.07, 6.45) is 9.67. The van der Waals surface area contributed by atoms with Gasteiger partial charge in [-0.2, -0.15) is 5.10 Å². The average molecular weight is 356 g/mol. The molecule has 0 saturated carbocycles. The van der Waals surface area contributed by atoms with Gasteiger partial charge in [0.2, 0.25) is 0 Å². The topological polar surface area (TPSA) is 51.8 Å². The van der Waals surface area contributed by atoms with Crippen molar-refractivity contribution in [2.24, 2.45) is 0 Å². The number of rotatable bonds is 4. The van der Waals surface area contributed by atoms with Crippen LogP contribution in [0, 0.1) is 0 Å². The van der Waals surface area contributed by atoms with Crippen LogP contribution in [-0.4, -0.2) is 35.8 Å². The maximum atomic E-state index is 4.90. The second-order valence-electron chi connectivity index (χ2n) is 6.81. The van der Waals surface area contributed by atoms with Gasteiger partial charge in [0.05, 0.1) is 23.4 Å². The van der Waals surface area contributed by atoms with Crippen LogP contribution < -0.4 is 0 Å². The molecule has 1 aliphatic heterocycles. The van der Waals surface area contributed by atoms with Crippen LogP contribution in [0.2, 0.25) is 0 Å². The second-order valence-corrected chi connectivity index (χ2v) is 6.81. The number of pyridine rings is 1. The van der Waals surface area contributed by atoms with Gasteiger partial charge in [-0.25, -0.2) is 9.67 Å². The summed E-state index contributed by atoms with van der Waals surface area (Å²) < 4.78 is 4.20. The van der Waals surface area contributed by atoms with Crippen molar-refractivity contribution in [1.29, 1.82) is 0 Å². The Morgan fingerprint density at radius 3 is 2.63 bits per heavy atom. The Kier molecular flexibility index (Phi) is 4.03. The number of imidazole rings is 1. The lowest BCUT2D eigenvalue weighted by Crippen LogP contribution is -2.32. The molecular formula is C21H20N6. The van der Waals surface area contributed by atoms with Gasteiger partial charge in [0, 0.05) is 62.1 Å².